The Bertz CT molecular complexity index is 3780. The molecule has 3 aromatic heterocycles. The summed E-state index contributed by atoms with van der Waals surface area (Å²) in [4.78, 5) is 25.1. The predicted octanol–water partition coefficient (Wildman–Crippen LogP) is 15.3. The van der Waals surface area contributed by atoms with Crippen molar-refractivity contribution in [2.45, 2.75) is 5.41 Å². The number of hydrogen-bond acceptors (Lipinski definition) is 5. The van der Waals surface area contributed by atoms with Crippen molar-refractivity contribution < 1.29 is 0 Å². The highest BCUT2D eigenvalue weighted by atomic mass is 15.0. The van der Waals surface area contributed by atoms with Crippen molar-refractivity contribution in [1.29, 1.82) is 0 Å². The van der Waals surface area contributed by atoms with Gasteiger partial charge in [0.15, 0.2) is 17.5 Å². The summed E-state index contributed by atoms with van der Waals surface area (Å²) in [5, 5.41) is 2.15. The van der Waals surface area contributed by atoms with E-state index in [0.29, 0.717) is 17.5 Å². The van der Waals surface area contributed by atoms with Crippen LogP contribution in [0.3, 0.4) is 0 Å². The van der Waals surface area contributed by atoms with E-state index in [1.807, 2.05) is 60.9 Å². The second-order valence-electron chi connectivity index (χ2n) is 17.6. The van der Waals surface area contributed by atoms with Crippen LogP contribution in [-0.4, -0.2) is 24.9 Å². The van der Waals surface area contributed by atoms with Gasteiger partial charge in [-0.05, 0) is 97.1 Å². The zero-order valence-electron chi connectivity index (χ0n) is 37.4. The number of pyridine rings is 2. The topological polar surface area (TPSA) is 64.5 Å². The molecule has 0 unspecified atom stereocenters. The van der Waals surface area contributed by atoms with Gasteiger partial charge in [-0.1, -0.05) is 206 Å². The first-order chi connectivity index (χ1) is 34.2. The quantitative estimate of drug-likeness (QED) is 0.142. The maximum atomic E-state index is 5.25. The van der Waals surface area contributed by atoms with Crippen LogP contribution in [0.2, 0.25) is 0 Å². The zero-order valence-corrected chi connectivity index (χ0v) is 37.4. The smallest absolute Gasteiger partial charge is 0.164 e. The molecule has 0 fully saturated rings. The lowest BCUT2D eigenvalue weighted by atomic mass is 9.67. The first kappa shape index (κ1) is 40.1. The summed E-state index contributed by atoms with van der Waals surface area (Å²) in [7, 11) is 0. The summed E-state index contributed by atoms with van der Waals surface area (Å²) in [5.41, 5.74) is 17.9. The van der Waals surface area contributed by atoms with Crippen molar-refractivity contribution in [2.75, 3.05) is 0 Å². The van der Waals surface area contributed by atoms with Gasteiger partial charge in [0.25, 0.3) is 0 Å². The molecule has 0 N–H and O–H groups in total. The molecular formula is C64H41N5. The molecule has 12 aromatic rings. The maximum Gasteiger partial charge on any atom is 0.164 e. The van der Waals surface area contributed by atoms with Crippen molar-refractivity contribution in [3.63, 3.8) is 0 Å². The lowest BCUT2D eigenvalue weighted by molar-refractivity contribution is 0.768. The summed E-state index contributed by atoms with van der Waals surface area (Å²) in [6.45, 7) is 0. The van der Waals surface area contributed by atoms with Gasteiger partial charge in [0.1, 0.15) is 0 Å². The Labute approximate surface area is 400 Å². The SMILES string of the molecule is c1ccc(-c2nc(-c3ccccc3)nc(-c3cc(-c4ccc(-c5cccc6cnc7cccnc7c56)cc4)cc(-c4cccc5c4-c4ccccc4C5(c4ccccc4)c4ccccc4)c3)n2)cc1. The van der Waals surface area contributed by atoms with E-state index in [4.69, 9.17) is 24.9 Å². The van der Waals surface area contributed by atoms with E-state index < -0.39 is 5.41 Å². The standard InChI is InChI=1S/C64H41N5/c1-5-18-44(19-6-1)61-67-62(45-20-7-2-8-21-45)69-63(68-61)49-39-47(42-33-35-43(36-34-42)52-28-15-22-46-41-66-57-32-17-37-65-60(57)58(46)52)38-48(40-49)53-29-16-31-56-59(53)54-27-13-14-30-55(54)64(56,50-23-9-3-10-24-50)51-25-11-4-12-26-51/h1-41H. The first-order valence-corrected chi connectivity index (χ1v) is 23.3. The largest absolute Gasteiger partial charge is 0.254 e. The maximum absolute atomic E-state index is 5.25. The van der Waals surface area contributed by atoms with Crippen molar-refractivity contribution in [3.8, 4) is 78.7 Å². The van der Waals surface area contributed by atoms with E-state index in [-0.39, 0.29) is 0 Å². The minimum atomic E-state index is -0.539. The Morgan fingerprint density at radius 1 is 0.319 bits per heavy atom. The molecule has 1 aliphatic rings. The molecule has 13 rings (SSSR count). The molecule has 1 aliphatic carbocycles. The normalized spacial score (nSPS) is 12.5. The fraction of sp³-hybridized carbons (Fsp3) is 0.0156. The third-order valence-corrected chi connectivity index (χ3v) is 13.7. The molecule has 0 saturated heterocycles. The zero-order chi connectivity index (χ0) is 45.7. The van der Waals surface area contributed by atoms with E-state index in [2.05, 4.69) is 188 Å². The van der Waals surface area contributed by atoms with E-state index in [9.17, 15) is 0 Å². The minimum absolute atomic E-state index is 0.539. The molecular weight excluding hydrogens is 839 g/mol. The van der Waals surface area contributed by atoms with Crippen LogP contribution in [0.4, 0.5) is 0 Å². The van der Waals surface area contributed by atoms with Gasteiger partial charge in [0, 0.05) is 39.9 Å². The van der Waals surface area contributed by atoms with Gasteiger partial charge >= 0.3 is 0 Å². The summed E-state index contributed by atoms with van der Waals surface area (Å²) in [6.07, 6.45) is 3.79. The average Bonchev–Trinajstić information content (AvgIpc) is 3.75. The Balaban J connectivity index is 1.05. The molecule has 9 aromatic carbocycles. The highest BCUT2D eigenvalue weighted by molar-refractivity contribution is 6.11. The van der Waals surface area contributed by atoms with Crippen LogP contribution in [0.1, 0.15) is 22.3 Å². The second kappa shape index (κ2) is 16.6. The van der Waals surface area contributed by atoms with Crippen molar-refractivity contribution in [3.05, 3.63) is 271 Å². The molecule has 5 nitrogen and oxygen atoms in total. The van der Waals surface area contributed by atoms with Crippen LogP contribution in [-0.2, 0) is 5.41 Å². The second-order valence-corrected chi connectivity index (χ2v) is 17.6. The average molecular weight is 880 g/mol. The first-order valence-electron chi connectivity index (χ1n) is 23.3. The fourth-order valence-electron chi connectivity index (χ4n) is 10.6. The fourth-order valence-corrected chi connectivity index (χ4v) is 10.6. The Hall–Kier alpha value is -9.19. The van der Waals surface area contributed by atoms with Crippen LogP contribution in [0, 0.1) is 0 Å². The molecule has 3 heterocycles. The van der Waals surface area contributed by atoms with E-state index in [1.165, 1.54) is 33.4 Å². The molecule has 0 radical (unpaired) electrons. The van der Waals surface area contributed by atoms with Gasteiger partial charge < -0.3 is 0 Å². The van der Waals surface area contributed by atoms with E-state index in [1.54, 1.807) is 0 Å². The number of rotatable bonds is 8. The Kier molecular flexibility index (Phi) is 9.65. The number of aromatic nitrogens is 5. The number of nitrogens with zero attached hydrogens (tertiary/aromatic N) is 5. The lowest BCUT2D eigenvalue weighted by Gasteiger charge is -2.34. The van der Waals surface area contributed by atoms with Gasteiger partial charge in [0.05, 0.1) is 16.4 Å². The molecule has 69 heavy (non-hydrogen) atoms. The van der Waals surface area contributed by atoms with Crippen LogP contribution in [0.25, 0.3) is 100 Å². The van der Waals surface area contributed by atoms with Crippen LogP contribution >= 0.6 is 0 Å². The van der Waals surface area contributed by atoms with E-state index in [0.717, 1.165) is 71.9 Å². The highest BCUT2D eigenvalue weighted by Gasteiger charge is 2.46. The van der Waals surface area contributed by atoms with Crippen LogP contribution in [0.5, 0.6) is 0 Å². The summed E-state index contributed by atoms with van der Waals surface area (Å²) in [5.74, 6) is 1.84. The summed E-state index contributed by atoms with van der Waals surface area (Å²) in [6, 6.07) is 84.1. The van der Waals surface area contributed by atoms with Crippen molar-refractivity contribution in [1.82, 2.24) is 24.9 Å². The third-order valence-electron chi connectivity index (χ3n) is 13.7. The highest BCUT2D eigenvalue weighted by Crippen LogP contribution is 2.58. The Morgan fingerprint density at radius 2 is 0.841 bits per heavy atom. The van der Waals surface area contributed by atoms with Crippen LogP contribution < -0.4 is 0 Å². The molecule has 0 spiro atoms. The van der Waals surface area contributed by atoms with Gasteiger partial charge in [-0.15, -0.1) is 0 Å². The lowest BCUT2D eigenvalue weighted by Crippen LogP contribution is -2.28. The molecule has 322 valence electrons. The van der Waals surface area contributed by atoms with Gasteiger partial charge in [0.2, 0.25) is 0 Å². The van der Waals surface area contributed by atoms with Crippen LogP contribution in [0.15, 0.2) is 249 Å². The minimum Gasteiger partial charge on any atom is -0.254 e. The summed E-state index contributed by atoms with van der Waals surface area (Å²) < 4.78 is 0. The number of fused-ring (bicyclic) bond motifs is 6. The number of benzene rings is 9. The molecule has 0 atom stereocenters. The molecule has 0 bridgehead atoms. The number of hydrogen-bond donors (Lipinski definition) is 0. The Morgan fingerprint density at radius 3 is 1.52 bits per heavy atom. The monoisotopic (exact) mass is 879 g/mol. The third kappa shape index (κ3) is 6.74. The van der Waals surface area contributed by atoms with Crippen molar-refractivity contribution in [2.24, 2.45) is 0 Å². The van der Waals surface area contributed by atoms with Gasteiger partial charge in [-0.25, -0.2) is 15.0 Å². The van der Waals surface area contributed by atoms with E-state index >= 15 is 0 Å². The van der Waals surface area contributed by atoms with Crippen molar-refractivity contribution >= 4 is 21.8 Å². The molecule has 0 aliphatic heterocycles. The summed E-state index contributed by atoms with van der Waals surface area (Å²) >= 11 is 0. The molecule has 0 saturated carbocycles. The molecule has 0 amide bonds. The van der Waals surface area contributed by atoms with Gasteiger partial charge in [-0.3, -0.25) is 9.97 Å². The predicted molar refractivity (Wildman–Crippen MR) is 280 cm³/mol. The molecule has 5 heteroatoms. The van der Waals surface area contributed by atoms with Gasteiger partial charge in [-0.2, -0.15) is 0 Å².